The molecule has 1 aromatic carbocycles. The summed E-state index contributed by atoms with van der Waals surface area (Å²) in [5.41, 5.74) is 1.34. The third-order valence-electron chi connectivity index (χ3n) is 2.85. The van der Waals surface area contributed by atoms with Crippen LogP contribution in [0.4, 0.5) is 0 Å². The van der Waals surface area contributed by atoms with Crippen LogP contribution in [0.1, 0.15) is 15.9 Å². The number of carbonyl (C=O) groups excluding carboxylic acids is 1. The van der Waals surface area contributed by atoms with E-state index in [1.54, 1.807) is 30.6 Å². The van der Waals surface area contributed by atoms with Crippen LogP contribution >= 0.6 is 0 Å². The number of pyridine rings is 1. The SMILES string of the molecule is C=CCOC(=O)c1ccc(OCc2cccnc2)c(OC)c1. The highest BCUT2D eigenvalue weighted by molar-refractivity contribution is 5.90. The Morgan fingerprint density at radius 3 is 2.86 bits per heavy atom. The summed E-state index contributed by atoms with van der Waals surface area (Å²) in [7, 11) is 1.52. The zero-order chi connectivity index (χ0) is 15.8. The Morgan fingerprint density at radius 1 is 1.32 bits per heavy atom. The van der Waals surface area contributed by atoms with Gasteiger partial charge in [0.15, 0.2) is 11.5 Å². The average Bonchev–Trinajstić information content (AvgIpc) is 2.58. The minimum absolute atomic E-state index is 0.167. The van der Waals surface area contributed by atoms with Gasteiger partial charge in [0, 0.05) is 18.0 Å². The summed E-state index contributed by atoms with van der Waals surface area (Å²) >= 11 is 0. The number of nitrogens with zero attached hydrogens (tertiary/aromatic N) is 1. The lowest BCUT2D eigenvalue weighted by Gasteiger charge is -2.12. The summed E-state index contributed by atoms with van der Waals surface area (Å²) in [4.78, 5) is 15.8. The van der Waals surface area contributed by atoms with Gasteiger partial charge in [-0.3, -0.25) is 4.98 Å². The molecule has 114 valence electrons. The first-order valence-electron chi connectivity index (χ1n) is 6.72. The van der Waals surface area contributed by atoms with Gasteiger partial charge in [0.05, 0.1) is 12.7 Å². The highest BCUT2D eigenvalue weighted by Crippen LogP contribution is 2.29. The monoisotopic (exact) mass is 299 g/mol. The molecule has 22 heavy (non-hydrogen) atoms. The van der Waals surface area contributed by atoms with E-state index >= 15 is 0 Å². The maximum Gasteiger partial charge on any atom is 0.338 e. The van der Waals surface area contributed by atoms with Crippen molar-refractivity contribution in [3.8, 4) is 11.5 Å². The fourth-order valence-electron chi connectivity index (χ4n) is 1.78. The molecule has 0 atom stereocenters. The molecule has 2 rings (SSSR count). The molecule has 0 spiro atoms. The first-order chi connectivity index (χ1) is 10.7. The van der Waals surface area contributed by atoms with Gasteiger partial charge >= 0.3 is 5.97 Å². The van der Waals surface area contributed by atoms with Crippen LogP contribution < -0.4 is 9.47 Å². The second kappa shape index (κ2) is 7.83. The highest BCUT2D eigenvalue weighted by Gasteiger charge is 2.12. The average molecular weight is 299 g/mol. The maximum absolute atomic E-state index is 11.8. The molecule has 0 N–H and O–H groups in total. The molecule has 0 unspecified atom stereocenters. The molecular formula is C17H17NO4. The van der Waals surface area contributed by atoms with Crippen molar-refractivity contribution in [2.24, 2.45) is 0 Å². The normalized spacial score (nSPS) is 9.86. The van der Waals surface area contributed by atoms with Crippen molar-refractivity contribution in [2.75, 3.05) is 13.7 Å². The van der Waals surface area contributed by atoms with Crippen molar-refractivity contribution < 1.29 is 19.0 Å². The maximum atomic E-state index is 11.8. The van der Waals surface area contributed by atoms with E-state index in [1.807, 2.05) is 12.1 Å². The van der Waals surface area contributed by atoms with E-state index in [9.17, 15) is 4.79 Å². The molecule has 0 saturated carbocycles. The molecular weight excluding hydrogens is 282 g/mol. The number of ether oxygens (including phenoxy) is 3. The Bertz CT molecular complexity index is 640. The molecule has 0 aliphatic rings. The van der Waals surface area contributed by atoms with Crippen molar-refractivity contribution in [1.82, 2.24) is 4.98 Å². The largest absolute Gasteiger partial charge is 0.493 e. The minimum atomic E-state index is -0.433. The Hall–Kier alpha value is -2.82. The third-order valence-corrected chi connectivity index (χ3v) is 2.85. The molecule has 0 aliphatic carbocycles. The van der Waals surface area contributed by atoms with Gasteiger partial charge in [-0.25, -0.2) is 4.79 Å². The van der Waals surface area contributed by atoms with Crippen LogP contribution in [-0.2, 0) is 11.3 Å². The summed E-state index contributed by atoms with van der Waals surface area (Å²) in [5, 5.41) is 0. The van der Waals surface area contributed by atoms with Crippen LogP contribution in [0, 0.1) is 0 Å². The fraction of sp³-hybridized carbons (Fsp3) is 0.176. The lowest BCUT2D eigenvalue weighted by Crippen LogP contribution is -2.06. The van der Waals surface area contributed by atoms with Crippen molar-refractivity contribution in [1.29, 1.82) is 0 Å². The van der Waals surface area contributed by atoms with Crippen molar-refractivity contribution in [3.05, 3.63) is 66.5 Å². The molecule has 2 aromatic rings. The van der Waals surface area contributed by atoms with E-state index in [2.05, 4.69) is 11.6 Å². The molecule has 0 bridgehead atoms. The van der Waals surface area contributed by atoms with E-state index in [0.717, 1.165) is 5.56 Å². The number of hydrogen-bond acceptors (Lipinski definition) is 5. The topological polar surface area (TPSA) is 57.7 Å². The molecule has 0 fully saturated rings. The Balaban J connectivity index is 2.08. The lowest BCUT2D eigenvalue weighted by atomic mass is 10.2. The molecule has 5 nitrogen and oxygen atoms in total. The number of aromatic nitrogens is 1. The van der Waals surface area contributed by atoms with Crippen LogP contribution in [0.2, 0.25) is 0 Å². The predicted octanol–water partition coefficient (Wildman–Crippen LogP) is 3.01. The molecule has 5 heteroatoms. The predicted molar refractivity (Wildman–Crippen MR) is 82.0 cm³/mol. The quantitative estimate of drug-likeness (QED) is 0.581. The van der Waals surface area contributed by atoms with Crippen LogP contribution in [-0.4, -0.2) is 24.7 Å². The van der Waals surface area contributed by atoms with Gasteiger partial charge in [-0.2, -0.15) is 0 Å². The van der Waals surface area contributed by atoms with Gasteiger partial charge < -0.3 is 14.2 Å². The summed E-state index contributed by atoms with van der Waals surface area (Å²) in [6.07, 6.45) is 4.95. The minimum Gasteiger partial charge on any atom is -0.493 e. The number of rotatable bonds is 7. The van der Waals surface area contributed by atoms with Crippen LogP contribution in [0.3, 0.4) is 0 Å². The smallest absolute Gasteiger partial charge is 0.338 e. The van der Waals surface area contributed by atoms with Gasteiger partial charge in [-0.1, -0.05) is 18.7 Å². The van der Waals surface area contributed by atoms with Gasteiger partial charge in [0.1, 0.15) is 13.2 Å². The Kier molecular flexibility index (Phi) is 5.54. The third kappa shape index (κ3) is 4.09. The number of esters is 1. The molecule has 0 aliphatic heterocycles. The lowest BCUT2D eigenvalue weighted by molar-refractivity contribution is 0.0549. The van der Waals surface area contributed by atoms with Crippen molar-refractivity contribution in [3.63, 3.8) is 0 Å². The van der Waals surface area contributed by atoms with E-state index < -0.39 is 5.97 Å². The zero-order valence-electron chi connectivity index (χ0n) is 12.3. The molecule has 0 saturated heterocycles. The second-order valence-electron chi connectivity index (χ2n) is 4.40. The first-order valence-corrected chi connectivity index (χ1v) is 6.72. The van der Waals surface area contributed by atoms with Crippen LogP contribution in [0.25, 0.3) is 0 Å². The summed E-state index contributed by atoms with van der Waals surface area (Å²) in [6.45, 7) is 4.03. The number of hydrogen-bond donors (Lipinski definition) is 0. The fourth-order valence-corrected chi connectivity index (χ4v) is 1.78. The first kappa shape index (κ1) is 15.6. The summed E-state index contributed by atoms with van der Waals surface area (Å²) < 4.78 is 15.9. The molecule has 1 aromatic heterocycles. The zero-order valence-corrected chi connectivity index (χ0v) is 12.3. The van der Waals surface area contributed by atoms with Crippen LogP contribution in [0.15, 0.2) is 55.4 Å². The van der Waals surface area contributed by atoms with E-state index in [0.29, 0.717) is 23.7 Å². The van der Waals surface area contributed by atoms with Crippen LogP contribution in [0.5, 0.6) is 11.5 Å². The van der Waals surface area contributed by atoms with Gasteiger partial charge in [-0.05, 0) is 24.3 Å². The molecule has 0 amide bonds. The summed E-state index contributed by atoms with van der Waals surface area (Å²) in [5.74, 6) is 0.584. The Morgan fingerprint density at radius 2 is 2.18 bits per heavy atom. The van der Waals surface area contributed by atoms with Gasteiger partial charge in [-0.15, -0.1) is 0 Å². The standard InChI is InChI=1S/C17H17NO4/c1-3-9-21-17(19)14-6-7-15(16(10-14)20-2)22-12-13-5-4-8-18-11-13/h3-8,10-11H,1,9,12H2,2H3. The van der Waals surface area contributed by atoms with Gasteiger partial charge in [0.25, 0.3) is 0 Å². The number of benzene rings is 1. The van der Waals surface area contributed by atoms with E-state index in [-0.39, 0.29) is 6.61 Å². The second-order valence-corrected chi connectivity index (χ2v) is 4.40. The Labute approximate surface area is 129 Å². The molecule has 0 radical (unpaired) electrons. The van der Waals surface area contributed by atoms with E-state index in [1.165, 1.54) is 13.2 Å². The summed E-state index contributed by atoms with van der Waals surface area (Å²) in [6, 6.07) is 8.66. The van der Waals surface area contributed by atoms with Crippen molar-refractivity contribution in [2.45, 2.75) is 6.61 Å². The highest BCUT2D eigenvalue weighted by atomic mass is 16.5. The van der Waals surface area contributed by atoms with Gasteiger partial charge in [0.2, 0.25) is 0 Å². The molecule has 1 heterocycles. The van der Waals surface area contributed by atoms with Crippen molar-refractivity contribution >= 4 is 5.97 Å². The van der Waals surface area contributed by atoms with E-state index in [4.69, 9.17) is 14.2 Å². The number of carbonyl (C=O) groups is 1. The number of methoxy groups -OCH3 is 1.